The van der Waals surface area contributed by atoms with E-state index >= 15 is 0 Å². The number of hydrogen-bond donors (Lipinski definition) is 0. The van der Waals surface area contributed by atoms with Gasteiger partial charge >= 0.3 is 0 Å². The zero-order valence-corrected chi connectivity index (χ0v) is 10.1. The standard InChI is InChI=1S/C11H9BrN2O2/c1-16-9-4-2-3-8(5-9)14-7-10(12)13-6-11(14)15/h2-7H,1H3. The largest absolute Gasteiger partial charge is 0.497 e. The topological polar surface area (TPSA) is 44.1 Å². The van der Waals surface area contributed by atoms with Crippen LogP contribution in [0.3, 0.4) is 0 Å². The summed E-state index contributed by atoms with van der Waals surface area (Å²) in [5.74, 6) is 0.706. The fourth-order valence-corrected chi connectivity index (χ4v) is 1.65. The van der Waals surface area contributed by atoms with Crippen LogP contribution in [0, 0.1) is 0 Å². The predicted molar refractivity (Wildman–Crippen MR) is 64.1 cm³/mol. The van der Waals surface area contributed by atoms with Gasteiger partial charge in [0.25, 0.3) is 5.56 Å². The van der Waals surface area contributed by atoms with Crippen molar-refractivity contribution in [3.63, 3.8) is 0 Å². The van der Waals surface area contributed by atoms with Gasteiger partial charge in [-0.2, -0.15) is 0 Å². The molecule has 0 aliphatic heterocycles. The molecule has 0 bridgehead atoms. The minimum atomic E-state index is -0.184. The van der Waals surface area contributed by atoms with Crippen LogP contribution >= 0.6 is 15.9 Å². The van der Waals surface area contributed by atoms with Gasteiger partial charge in [-0.3, -0.25) is 9.36 Å². The first kappa shape index (κ1) is 10.9. The molecule has 5 heteroatoms. The van der Waals surface area contributed by atoms with Crippen LogP contribution in [-0.4, -0.2) is 16.7 Å². The second-order valence-electron chi connectivity index (χ2n) is 3.12. The Balaban J connectivity index is 2.58. The van der Waals surface area contributed by atoms with Crippen molar-refractivity contribution >= 4 is 15.9 Å². The molecule has 4 nitrogen and oxygen atoms in total. The summed E-state index contributed by atoms with van der Waals surface area (Å²) in [4.78, 5) is 15.5. The van der Waals surface area contributed by atoms with E-state index in [1.165, 1.54) is 10.8 Å². The van der Waals surface area contributed by atoms with E-state index in [1.807, 2.05) is 18.2 Å². The maximum absolute atomic E-state index is 11.6. The SMILES string of the molecule is COc1cccc(-n2cc(Br)ncc2=O)c1. The maximum atomic E-state index is 11.6. The van der Waals surface area contributed by atoms with E-state index in [2.05, 4.69) is 20.9 Å². The minimum absolute atomic E-state index is 0.184. The quantitative estimate of drug-likeness (QED) is 0.845. The molecule has 0 radical (unpaired) electrons. The zero-order valence-electron chi connectivity index (χ0n) is 8.55. The second kappa shape index (κ2) is 4.49. The van der Waals surface area contributed by atoms with Gasteiger partial charge in [-0.05, 0) is 28.1 Å². The van der Waals surface area contributed by atoms with Crippen LogP contribution in [0.1, 0.15) is 0 Å². The predicted octanol–water partition coefficient (Wildman–Crippen LogP) is 2.00. The van der Waals surface area contributed by atoms with Gasteiger partial charge in [0.15, 0.2) is 0 Å². The summed E-state index contributed by atoms with van der Waals surface area (Å²) in [6.07, 6.45) is 2.89. The highest BCUT2D eigenvalue weighted by molar-refractivity contribution is 9.10. The van der Waals surface area contributed by atoms with Crippen LogP contribution in [0.5, 0.6) is 5.75 Å². The second-order valence-corrected chi connectivity index (χ2v) is 3.93. The van der Waals surface area contributed by atoms with Crippen molar-refractivity contribution in [3.05, 3.63) is 51.6 Å². The monoisotopic (exact) mass is 280 g/mol. The summed E-state index contributed by atoms with van der Waals surface area (Å²) in [6.45, 7) is 0. The third-order valence-electron chi connectivity index (χ3n) is 2.10. The molecule has 2 aromatic rings. The van der Waals surface area contributed by atoms with Gasteiger partial charge < -0.3 is 4.74 Å². The Morgan fingerprint density at radius 1 is 1.44 bits per heavy atom. The van der Waals surface area contributed by atoms with Gasteiger partial charge in [-0.25, -0.2) is 4.98 Å². The fourth-order valence-electron chi connectivity index (χ4n) is 1.34. The normalized spacial score (nSPS) is 10.1. The molecule has 2 rings (SSSR count). The lowest BCUT2D eigenvalue weighted by Crippen LogP contribution is -2.17. The number of rotatable bonds is 2. The fraction of sp³-hybridized carbons (Fsp3) is 0.0909. The molecule has 0 N–H and O–H groups in total. The number of ether oxygens (including phenoxy) is 1. The first-order valence-electron chi connectivity index (χ1n) is 4.59. The molecule has 0 fully saturated rings. The zero-order chi connectivity index (χ0) is 11.5. The molecule has 0 aliphatic rings. The van der Waals surface area contributed by atoms with Crippen LogP contribution in [0.15, 0.2) is 46.1 Å². The Hall–Kier alpha value is -1.62. The number of hydrogen-bond acceptors (Lipinski definition) is 3. The molecule has 0 unspecified atom stereocenters. The molecule has 16 heavy (non-hydrogen) atoms. The van der Waals surface area contributed by atoms with E-state index in [9.17, 15) is 4.79 Å². The molecule has 1 aromatic heterocycles. The van der Waals surface area contributed by atoms with Gasteiger partial charge in [-0.15, -0.1) is 0 Å². The smallest absolute Gasteiger partial charge is 0.273 e. The summed E-state index contributed by atoms with van der Waals surface area (Å²) in [5.41, 5.74) is 0.559. The molecular formula is C11H9BrN2O2. The Bertz CT molecular complexity index is 566. The third kappa shape index (κ3) is 2.14. The Labute approximate surface area is 101 Å². The van der Waals surface area contributed by atoms with Crippen molar-refractivity contribution in [1.82, 2.24) is 9.55 Å². The van der Waals surface area contributed by atoms with E-state index < -0.39 is 0 Å². The van der Waals surface area contributed by atoms with Crippen molar-refractivity contribution in [2.45, 2.75) is 0 Å². The average molecular weight is 281 g/mol. The van der Waals surface area contributed by atoms with Crippen molar-refractivity contribution in [2.24, 2.45) is 0 Å². The molecule has 0 amide bonds. The molecule has 0 aliphatic carbocycles. The van der Waals surface area contributed by atoms with Crippen LogP contribution in [0.4, 0.5) is 0 Å². The Kier molecular flexibility index (Phi) is 3.05. The maximum Gasteiger partial charge on any atom is 0.273 e. The number of nitrogens with zero attached hydrogens (tertiary/aromatic N) is 2. The first-order valence-corrected chi connectivity index (χ1v) is 5.38. The van der Waals surface area contributed by atoms with E-state index in [0.717, 1.165) is 5.69 Å². The van der Waals surface area contributed by atoms with Crippen molar-refractivity contribution in [2.75, 3.05) is 7.11 Å². The summed E-state index contributed by atoms with van der Waals surface area (Å²) in [6, 6.07) is 7.27. The summed E-state index contributed by atoms with van der Waals surface area (Å²) in [7, 11) is 1.59. The van der Waals surface area contributed by atoms with Gasteiger partial charge in [0.1, 0.15) is 10.4 Å². The van der Waals surface area contributed by atoms with E-state index in [0.29, 0.717) is 10.4 Å². The van der Waals surface area contributed by atoms with Crippen molar-refractivity contribution < 1.29 is 4.74 Å². The van der Waals surface area contributed by atoms with Crippen LogP contribution < -0.4 is 10.3 Å². The minimum Gasteiger partial charge on any atom is -0.497 e. The van der Waals surface area contributed by atoms with Crippen LogP contribution in [0.2, 0.25) is 0 Å². The van der Waals surface area contributed by atoms with Crippen LogP contribution in [0.25, 0.3) is 5.69 Å². The molecule has 0 atom stereocenters. The summed E-state index contributed by atoms with van der Waals surface area (Å²) < 4.78 is 7.21. The average Bonchev–Trinajstić information content (AvgIpc) is 2.32. The third-order valence-corrected chi connectivity index (χ3v) is 2.51. The number of halogens is 1. The molecule has 1 heterocycles. The molecule has 0 saturated carbocycles. The van der Waals surface area contributed by atoms with E-state index in [1.54, 1.807) is 19.4 Å². The van der Waals surface area contributed by atoms with Gasteiger partial charge in [0.05, 0.1) is 19.0 Å². The van der Waals surface area contributed by atoms with E-state index in [-0.39, 0.29) is 5.56 Å². The molecule has 1 aromatic carbocycles. The molecule has 82 valence electrons. The van der Waals surface area contributed by atoms with E-state index in [4.69, 9.17) is 4.74 Å². The summed E-state index contributed by atoms with van der Waals surface area (Å²) >= 11 is 3.23. The van der Waals surface area contributed by atoms with Crippen LogP contribution in [-0.2, 0) is 0 Å². The lowest BCUT2D eigenvalue weighted by atomic mass is 10.3. The Morgan fingerprint density at radius 2 is 2.25 bits per heavy atom. The van der Waals surface area contributed by atoms with Gasteiger partial charge in [-0.1, -0.05) is 6.07 Å². The molecule has 0 saturated heterocycles. The number of aromatic nitrogens is 2. The van der Waals surface area contributed by atoms with Gasteiger partial charge in [0, 0.05) is 12.3 Å². The summed E-state index contributed by atoms with van der Waals surface area (Å²) in [5, 5.41) is 0. The highest BCUT2D eigenvalue weighted by Gasteiger charge is 2.02. The Morgan fingerprint density at radius 3 is 3.00 bits per heavy atom. The lowest BCUT2D eigenvalue weighted by molar-refractivity contribution is 0.414. The molecular weight excluding hydrogens is 272 g/mol. The van der Waals surface area contributed by atoms with Crippen molar-refractivity contribution in [3.8, 4) is 11.4 Å². The van der Waals surface area contributed by atoms with Crippen molar-refractivity contribution in [1.29, 1.82) is 0 Å². The lowest BCUT2D eigenvalue weighted by Gasteiger charge is -2.07. The highest BCUT2D eigenvalue weighted by atomic mass is 79.9. The number of benzene rings is 1. The molecule has 0 spiro atoms. The first-order chi connectivity index (χ1) is 7.70. The van der Waals surface area contributed by atoms with Gasteiger partial charge in [0.2, 0.25) is 0 Å². The number of methoxy groups -OCH3 is 1. The highest BCUT2D eigenvalue weighted by Crippen LogP contribution is 2.15.